The maximum Gasteiger partial charge on any atom is 0.326 e. The summed E-state index contributed by atoms with van der Waals surface area (Å²) in [6.45, 7) is 0.492. The van der Waals surface area contributed by atoms with Gasteiger partial charge in [0.2, 0.25) is 5.91 Å². The van der Waals surface area contributed by atoms with Gasteiger partial charge in [-0.1, -0.05) is 25.3 Å². The molecule has 4 amide bonds. The van der Waals surface area contributed by atoms with E-state index in [0.29, 0.717) is 6.54 Å². The van der Waals surface area contributed by atoms with Crippen LogP contribution in [0.4, 0.5) is 4.79 Å². The fourth-order valence-electron chi connectivity index (χ4n) is 3.86. The Morgan fingerprint density at radius 1 is 1.23 bits per heavy atom. The van der Waals surface area contributed by atoms with Crippen molar-refractivity contribution < 1.29 is 14.4 Å². The molecule has 0 spiro atoms. The van der Waals surface area contributed by atoms with Gasteiger partial charge >= 0.3 is 6.03 Å². The highest BCUT2D eigenvalue weighted by molar-refractivity contribution is 6.05. The number of nitrogens with zero attached hydrogens (tertiary/aromatic N) is 4. The molecule has 1 atom stereocenters. The number of imide groups is 1. The zero-order valence-electron chi connectivity index (χ0n) is 15.4. The van der Waals surface area contributed by atoms with E-state index >= 15 is 0 Å². The lowest BCUT2D eigenvalue weighted by Gasteiger charge is -2.35. The topological polar surface area (TPSA) is 73.8 Å². The van der Waals surface area contributed by atoms with E-state index in [9.17, 15) is 14.4 Å². The number of carbonyl (C=O) groups is 3. The third-order valence-corrected chi connectivity index (χ3v) is 5.45. The van der Waals surface area contributed by atoms with Crippen LogP contribution in [0.5, 0.6) is 0 Å². The quantitative estimate of drug-likeness (QED) is 0.755. The van der Waals surface area contributed by atoms with E-state index < -0.39 is 6.04 Å². The minimum absolute atomic E-state index is 0.0299. The van der Waals surface area contributed by atoms with Gasteiger partial charge in [0.25, 0.3) is 5.91 Å². The lowest BCUT2D eigenvalue weighted by molar-refractivity contribution is -0.139. The van der Waals surface area contributed by atoms with Gasteiger partial charge in [-0.25, -0.2) is 4.79 Å². The summed E-state index contributed by atoms with van der Waals surface area (Å²) in [6, 6.07) is 2.94. The summed E-state index contributed by atoms with van der Waals surface area (Å²) in [5.74, 6) is -0.384. The lowest BCUT2D eigenvalue weighted by atomic mass is 9.93. The third-order valence-electron chi connectivity index (χ3n) is 5.45. The molecule has 1 saturated heterocycles. The normalized spacial score (nSPS) is 21.4. The van der Waals surface area contributed by atoms with E-state index in [1.165, 1.54) is 18.4 Å². The molecule has 0 bridgehead atoms. The Bertz CT molecular complexity index is 673. The molecule has 1 saturated carbocycles. The van der Waals surface area contributed by atoms with Crippen molar-refractivity contribution in [3.8, 4) is 0 Å². The van der Waals surface area contributed by atoms with Crippen LogP contribution in [0.3, 0.4) is 0 Å². The molecule has 0 radical (unpaired) electrons. The molecule has 2 fully saturated rings. The van der Waals surface area contributed by atoms with Crippen LogP contribution in [0, 0.1) is 0 Å². The van der Waals surface area contributed by atoms with Gasteiger partial charge in [0.1, 0.15) is 6.04 Å². The SMILES string of the molecule is CN1C(=O)[C@H](CC(=O)N(Cc2cccnc2)C2CCCCC2)N(C)C1=O. The lowest BCUT2D eigenvalue weighted by Crippen LogP contribution is -2.44. The molecule has 0 unspecified atom stereocenters. The highest BCUT2D eigenvalue weighted by Gasteiger charge is 2.42. The van der Waals surface area contributed by atoms with Gasteiger partial charge in [-0.15, -0.1) is 0 Å². The fourth-order valence-corrected chi connectivity index (χ4v) is 3.86. The largest absolute Gasteiger partial charge is 0.335 e. The van der Waals surface area contributed by atoms with E-state index in [1.54, 1.807) is 19.4 Å². The number of urea groups is 1. The van der Waals surface area contributed by atoms with Gasteiger partial charge < -0.3 is 9.80 Å². The van der Waals surface area contributed by atoms with E-state index in [2.05, 4.69) is 4.98 Å². The second-order valence-electron chi connectivity index (χ2n) is 7.19. The molecule has 7 nitrogen and oxygen atoms in total. The number of likely N-dealkylation sites (N-methyl/N-ethyl adjacent to an activating group) is 2. The standard InChI is InChI=1S/C19H26N4O3/c1-21-16(18(25)22(2)19(21)26)11-17(24)23(15-8-4-3-5-9-15)13-14-7-6-10-20-12-14/h6-7,10,12,15-16H,3-5,8-9,11,13H2,1-2H3/t16-/m0/s1. The fraction of sp³-hybridized carbons (Fsp3) is 0.579. The predicted octanol–water partition coefficient (Wildman–Crippen LogP) is 2.03. The number of hydrogen-bond acceptors (Lipinski definition) is 4. The van der Waals surface area contributed by atoms with Crippen molar-refractivity contribution in [2.75, 3.05) is 14.1 Å². The molecule has 2 aliphatic rings. The van der Waals surface area contributed by atoms with Gasteiger partial charge in [-0.2, -0.15) is 0 Å². The molecule has 0 aromatic carbocycles. The molecule has 1 aliphatic heterocycles. The van der Waals surface area contributed by atoms with Crippen LogP contribution < -0.4 is 0 Å². The maximum atomic E-state index is 13.1. The second kappa shape index (κ2) is 7.85. The molecular formula is C19H26N4O3. The highest BCUT2D eigenvalue weighted by Crippen LogP contribution is 2.26. The monoisotopic (exact) mass is 358 g/mol. The molecule has 1 aromatic heterocycles. The molecule has 140 valence electrons. The maximum absolute atomic E-state index is 13.1. The highest BCUT2D eigenvalue weighted by atomic mass is 16.2. The molecule has 0 N–H and O–H groups in total. The number of rotatable bonds is 5. The summed E-state index contributed by atoms with van der Waals surface area (Å²) in [6.07, 6.45) is 8.92. The second-order valence-corrected chi connectivity index (χ2v) is 7.19. The van der Waals surface area contributed by atoms with Crippen molar-refractivity contribution in [2.24, 2.45) is 0 Å². The van der Waals surface area contributed by atoms with Crippen molar-refractivity contribution in [3.63, 3.8) is 0 Å². The predicted molar refractivity (Wildman–Crippen MR) is 96.0 cm³/mol. The van der Waals surface area contributed by atoms with Crippen LogP contribution in [0.25, 0.3) is 0 Å². The summed E-state index contributed by atoms with van der Waals surface area (Å²) < 4.78 is 0. The van der Waals surface area contributed by atoms with E-state index in [-0.39, 0.29) is 30.3 Å². The summed E-state index contributed by atoms with van der Waals surface area (Å²) in [5.41, 5.74) is 0.978. The van der Waals surface area contributed by atoms with Crippen molar-refractivity contribution in [3.05, 3.63) is 30.1 Å². The van der Waals surface area contributed by atoms with Crippen LogP contribution in [0.1, 0.15) is 44.1 Å². The van der Waals surface area contributed by atoms with Crippen molar-refractivity contribution in [1.82, 2.24) is 19.7 Å². The zero-order valence-corrected chi connectivity index (χ0v) is 15.4. The number of pyridine rings is 1. The first-order valence-corrected chi connectivity index (χ1v) is 9.21. The van der Waals surface area contributed by atoms with E-state index in [0.717, 1.165) is 36.1 Å². The Kier molecular flexibility index (Phi) is 5.54. The van der Waals surface area contributed by atoms with Gasteiger partial charge in [0.05, 0.1) is 6.42 Å². The van der Waals surface area contributed by atoms with Crippen LogP contribution in [0.2, 0.25) is 0 Å². The Morgan fingerprint density at radius 3 is 2.54 bits per heavy atom. The first-order chi connectivity index (χ1) is 12.5. The van der Waals surface area contributed by atoms with E-state index in [4.69, 9.17) is 0 Å². The average molecular weight is 358 g/mol. The first-order valence-electron chi connectivity index (χ1n) is 9.21. The number of aromatic nitrogens is 1. The summed E-state index contributed by atoms with van der Waals surface area (Å²) in [5, 5.41) is 0. The van der Waals surface area contributed by atoms with E-state index in [1.807, 2.05) is 17.0 Å². The Labute approximate surface area is 154 Å². The third kappa shape index (κ3) is 3.71. The molecule has 26 heavy (non-hydrogen) atoms. The minimum atomic E-state index is -0.708. The van der Waals surface area contributed by atoms with Gasteiger partial charge in [-0.3, -0.25) is 19.5 Å². The van der Waals surface area contributed by atoms with Crippen molar-refractivity contribution in [1.29, 1.82) is 0 Å². The number of hydrogen-bond donors (Lipinski definition) is 0. The Morgan fingerprint density at radius 2 is 1.96 bits per heavy atom. The van der Waals surface area contributed by atoms with Crippen LogP contribution in [-0.4, -0.2) is 63.7 Å². The van der Waals surface area contributed by atoms with Crippen LogP contribution in [0.15, 0.2) is 24.5 Å². The first kappa shape index (κ1) is 18.4. The van der Waals surface area contributed by atoms with Gasteiger partial charge in [0, 0.05) is 39.1 Å². The number of carbonyl (C=O) groups excluding carboxylic acids is 3. The van der Waals surface area contributed by atoms with Gasteiger partial charge in [0.15, 0.2) is 0 Å². The molecular weight excluding hydrogens is 332 g/mol. The molecule has 7 heteroatoms. The minimum Gasteiger partial charge on any atom is -0.335 e. The molecule has 3 rings (SSSR count). The molecule has 1 aromatic rings. The molecule has 2 heterocycles. The Balaban J connectivity index is 1.76. The van der Waals surface area contributed by atoms with Crippen LogP contribution in [-0.2, 0) is 16.1 Å². The average Bonchev–Trinajstić information content (AvgIpc) is 2.85. The van der Waals surface area contributed by atoms with Crippen molar-refractivity contribution in [2.45, 2.75) is 57.2 Å². The summed E-state index contributed by atoms with van der Waals surface area (Å²) in [4.78, 5) is 45.9. The zero-order chi connectivity index (χ0) is 18.7. The Hall–Kier alpha value is -2.44. The molecule has 1 aliphatic carbocycles. The van der Waals surface area contributed by atoms with Crippen molar-refractivity contribution >= 4 is 17.8 Å². The van der Waals surface area contributed by atoms with Crippen LogP contribution >= 0.6 is 0 Å². The summed E-state index contributed by atoms with van der Waals surface area (Å²) in [7, 11) is 3.04. The number of amides is 4. The smallest absolute Gasteiger partial charge is 0.326 e. The van der Waals surface area contributed by atoms with Gasteiger partial charge in [-0.05, 0) is 24.5 Å². The summed E-state index contributed by atoms with van der Waals surface area (Å²) >= 11 is 0.